The van der Waals surface area contributed by atoms with Gasteiger partial charge in [0.1, 0.15) is 0 Å². The van der Waals surface area contributed by atoms with Crippen molar-refractivity contribution in [1.29, 1.82) is 0 Å². The molecule has 0 aromatic heterocycles. The predicted octanol–water partition coefficient (Wildman–Crippen LogP) is 2.12. The van der Waals surface area contributed by atoms with Gasteiger partial charge in [0.15, 0.2) is 11.9 Å². The molecule has 1 saturated carbocycles. The number of alkyl halides is 4. The maximum absolute atomic E-state index is 13.2. The first-order valence-electron chi connectivity index (χ1n) is 6.52. The van der Waals surface area contributed by atoms with Gasteiger partial charge in [-0.3, -0.25) is 4.18 Å². The van der Waals surface area contributed by atoms with Crippen LogP contribution in [-0.2, 0) is 23.8 Å². The zero-order valence-corrected chi connectivity index (χ0v) is 11.9. The summed E-state index contributed by atoms with van der Waals surface area (Å²) in [4.78, 5) is 0. The Labute approximate surface area is 119 Å². The van der Waals surface area contributed by atoms with Gasteiger partial charge in [0, 0.05) is 12.3 Å². The second kappa shape index (κ2) is 5.98. The zero-order chi connectivity index (χ0) is 15.7. The van der Waals surface area contributed by atoms with Crippen molar-refractivity contribution in [3.63, 3.8) is 0 Å². The largest absolute Gasteiger partial charge is 0.416 e. The average Bonchev–Trinajstić information content (AvgIpc) is 2.79. The molecule has 0 radical (unpaired) electrons. The molecule has 0 amide bonds. The molecule has 0 bridgehead atoms. The quantitative estimate of drug-likeness (QED) is 0.581. The van der Waals surface area contributed by atoms with E-state index in [1.165, 1.54) is 0 Å². The highest BCUT2D eigenvalue weighted by molar-refractivity contribution is 7.86. The Morgan fingerprint density at radius 2 is 1.86 bits per heavy atom. The first-order chi connectivity index (χ1) is 9.70. The monoisotopic (exact) mass is 336 g/mol. The average molecular weight is 336 g/mol. The number of halogens is 4. The van der Waals surface area contributed by atoms with Gasteiger partial charge in [-0.15, -0.1) is 0 Å². The fraction of sp³-hybridized carbons (Fsp3) is 1.00. The van der Waals surface area contributed by atoms with Crippen molar-refractivity contribution in [2.75, 3.05) is 19.2 Å². The third-order valence-corrected chi connectivity index (χ3v) is 4.43. The van der Waals surface area contributed by atoms with Crippen molar-refractivity contribution in [3.8, 4) is 0 Å². The van der Waals surface area contributed by atoms with Crippen molar-refractivity contribution >= 4 is 10.1 Å². The minimum Gasteiger partial charge on any atom is -0.349 e. The smallest absolute Gasteiger partial charge is 0.349 e. The van der Waals surface area contributed by atoms with E-state index in [9.17, 15) is 26.0 Å². The highest BCUT2D eigenvalue weighted by atomic mass is 32.2. The van der Waals surface area contributed by atoms with E-state index in [1.807, 2.05) is 0 Å². The van der Waals surface area contributed by atoms with E-state index >= 15 is 0 Å². The molecule has 1 saturated heterocycles. The Kier molecular flexibility index (Phi) is 4.81. The summed E-state index contributed by atoms with van der Waals surface area (Å²) in [6.45, 7) is 0.466. The molecule has 21 heavy (non-hydrogen) atoms. The van der Waals surface area contributed by atoms with Crippen LogP contribution >= 0.6 is 0 Å². The van der Waals surface area contributed by atoms with Crippen LogP contribution < -0.4 is 0 Å². The lowest BCUT2D eigenvalue weighted by Crippen LogP contribution is -2.53. The Morgan fingerprint density at radius 1 is 1.24 bits per heavy atom. The van der Waals surface area contributed by atoms with Crippen LogP contribution in [0.15, 0.2) is 0 Å². The normalized spacial score (nSPS) is 27.9. The van der Waals surface area contributed by atoms with Gasteiger partial charge in [-0.2, -0.15) is 21.6 Å². The van der Waals surface area contributed by atoms with Gasteiger partial charge in [0.05, 0.1) is 13.2 Å². The molecule has 1 heterocycles. The standard InChI is InChI=1S/C11H16F4O5S/c12-7-21(16,17)20-9(11(13,14)15)8-3-1-4-10(8)18-5-2-6-19-10/h8-9H,1-7H2. The van der Waals surface area contributed by atoms with E-state index in [0.29, 0.717) is 12.8 Å². The molecule has 2 fully saturated rings. The topological polar surface area (TPSA) is 61.8 Å². The summed E-state index contributed by atoms with van der Waals surface area (Å²) >= 11 is 0. The molecule has 0 N–H and O–H groups in total. The van der Waals surface area contributed by atoms with E-state index in [-0.39, 0.29) is 26.1 Å². The van der Waals surface area contributed by atoms with Crippen molar-refractivity contribution in [1.82, 2.24) is 0 Å². The minimum atomic E-state index is -4.96. The van der Waals surface area contributed by atoms with Crippen LogP contribution in [-0.4, -0.2) is 45.7 Å². The van der Waals surface area contributed by atoms with Gasteiger partial charge in [-0.1, -0.05) is 0 Å². The Hall–Kier alpha value is -0.450. The fourth-order valence-corrected chi connectivity index (χ4v) is 3.45. The maximum Gasteiger partial charge on any atom is 0.416 e. The Morgan fingerprint density at radius 3 is 2.38 bits per heavy atom. The van der Waals surface area contributed by atoms with Gasteiger partial charge < -0.3 is 9.47 Å². The lowest BCUT2D eigenvalue weighted by atomic mass is 9.94. The predicted molar refractivity (Wildman–Crippen MR) is 62.4 cm³/mol. The lowest BCUT2D eigenvalue weighted by Gasteiger charge is -2.41. The molecule has 0 aromatic rings. The molecule has 124 valence electrons. The van der Waals surface area contributed by atoms with Gasteiger partial charge in [-0.05, 0) is 19.3 Å². The first-order valence-corrected chi connectivity index (χ1v) is 8.09. The third kappa shape index (κ3) is 3.66. The molecule has 1 spiro atoms. The fourth-order valence-electron chi connectivity index (χ4n) is 2.84. The summed E-state index contributed by atoms with van der Waals surface area (Å²) in [5, 5.41) is 0. The first kappa shape index (κ1) is 16.9. The van der Waals surface area contributed by atoms with Crippen molar-refractivity contribution in [2.24, 2.45) is 5.92 Å². The molecule has 0 aromatic carbocycles. The highest BCUT2D eigenvalue weighted by Gasteiger charge is 2.59. The Bertz CT molecular complexity index is 458. The zero-order valence-electron chi connectivity index (χ0n) is 11.1. The number of hydrogen-bond acceptors (Lipinski definition) is 5. The molecule has 10 heteroatoms. The number of hydrogen-bond donors (Lipinski definition) is 0. The minimum absolute atomic E-state index is 0.0337. The molecular formula is C11H16F4O5S. The summed E-state index contributed by atoms with van der Waals surface area (Å²) < 4.78 is 88.8. The number of ether oxygens (including phenoxy) is 2. The highest BCUT2D eigenvalue weighted by Crippen LogP contribution is 2.48. The van der Waals surface area contributed by atoms with Crippen LogP contribution in [0.5, 0.6) is 0 Å². The molecule has 2 rings (SSSR count). The summed E-state index contributed by atoms with van der Waals surface area (Å²) in [7, 11) is -4.89. The molecule has 5 nitrogen and oxygen atoms in total. The Balaban J connectivity index is 2.27. The van der Waals surface area contributed by atoms with Gasteiger partial charge in [0.2, 0.25) is 6.01 Å². The summed E-state index contributed by atoms with van der Waals surface area (Å²) in [5.41, 5.74) is 0. The SMILES string of the molecule is O=S(=O)(CF)OC(C1CCCC12OCCCO2)C(F)(F)F. The number of rotatable bonds is 4. The second-order valence-electron chi connectivity index (χ2n) is 5.09. The van der Waals surface area contributed by atoms with Crippen LogP contribution in [0.3, 0.4) is 0 Å². The molecule has 1 aliphatic carbocycles. The van der Waals surface area contributed by atoms with E-state index in [0.717, 1.165) is 0 Å². The van der Waals surface area contributed by atoms with Crippen LogP contribution in [0.25, 0.3) is 0 Å². The molecular weight excluding hydrogens is 320 g/mol. The molecule has 2 atom stereocenters. The lowest BCUT2D eigenvalue weighted by molar-refractivity contribution is -0.316. The summed E-state index contributed by atoms with van der Waals surface area (Å²) in [6.07, 6.45) is -6.44. The van der Waals surface area contributed by atoms with E-state index in [4.69, 9.17) is 9.47 Å². The van der Waals surface area contributed by atoms with Gasteiger partial charge in [0.25, 0.3) is 10.1 Å². The van der Waals surface area contributed by atoms with Crippen LogP contribution in [0.4, 0.5) is 17.6 Å². The van der Waals surface area contributed by atoms with Gasteiger partial charge >= 0.3 is 6.18 Å². The summed E-state index contributed by atoms with van der Waals surface area (Å²) in [6, 6.07) is -2.01. The maximum atomic E-state index is 13.2. The van der Waals surface area contributed by atoms with Crippen LogP contribution in [0.2, 0.25) is 0 Å². The van der Waals surface area contributed by atoms with E-state index in [2.05, 4.69) is 4.18 Å². The van der Waals surface area contributed by atoms with Crippen LogP contribution in [0, 0.1) is 5.92 Å². The summed E-state index contributed by atoms with van der Waals surface area (Å²) in [5.74, 6) is -2.83. The molecule has 2 unspecified atom stereocenters. The second-order valence-corrected chi connectivity index (χ2v) is 6.61. The van der Waals surface area contributed by atoms with Crippen molar-refractivity contribution in [2.45, 2.75) is 43.8 Å². The van der Waals surface area contributed by atoms with Crippen molar-refractivity contribution < 1.29 is 39.6 Å². The molecule has 1 aliphatic heterocycles. The van der Waals surface area contributed by atoms with E-state index < -0.39 is 40.1 Å². The van der Waals surface area contributed by atoms with Gasteiger partial charge in [-0.25, -0.2) is 4.39 Å². The third-order valence-electron chi connectivity index (χ3n) is 3.66. The van der Waals surface area contributed by atoms with Crippen molar-refractivity contribution in [3.05, 3.63) is 0 Å². The molecule has 2 aliphatic rings. The van der Waals surface area contributed by atoms with E-state index in [1.54, 1.807) is 0 Å². The van der Waals surface area contributed by atoms with Crippen LogP contribution in [0.1, 0.15) is 25.7 Å².